The summed E-state index contributed by atoms with van der Waals surface area (Å²) in [5, 5.41) is 12.7. The van der Waals surface area contributed by atoms with Crippen LogP contribution in [0.2, 0.25) is 0 Å². The van der Waals surface area contributed by atoms with Gasteiger partial charge in [0.15, 0.2) is 11.5 Å². The fraction of sp³-hybridized carbons (Fsp3) is 0.167. The van der Waals surface area contributed by atoms with Crippen LogP contribution in [0.15, 0.2) is 29.0 Å². The molecule has 0 radical (unpaired) electrons. The number of nitriles is 1. The van der Waals surface area contributed by atoms with E-state index in [0.29, 0.717) is 36.0 Å². The lowest BCUT2D eigenvalue weighted by Crippen LogP contribution is -2.15. The third-order valence-electron chi connectivity index (χ3n) is 2.51. The Morgan fingerprint density at radius 1 is 1.18 bits per heavy atom. The smallest absolute Gasteiger partial charge is 0.162 e. The molecule has 1 aliphatic rings. The second kappa shape index (κ2) is 3.83. The summed E-state index contributed by atoms with van der Waals surface area (Å²) in [6.45, 7) is 1.08. The van der Waals surface area contributed by atoms with Crippen molar-refractivity contribution in [1.82, 2.24) is 5.16 Å². The van der Waals surface area contributed by atoms with Crippen molar-refractivity contribution in [2.24, 2.45) is 0 Å². The Kier molecular flexibility index (Phi) is 2.19. The van der Waals surface area contributed by atoms with Crippen LogP contribution in [0, 0.1) is 11.3 Å². The van der Waals surface area contributed by atoms with Crippen LogP contribution in [-0.2, 0) is 0 Å². The van der Waals surface area contributed by atoms with Crippen molar-refractivity contribution in [2.45, 2.75) is 0 Å². The Hall–Kier alpha value is -2.48. The molecule has 2 aromatic rings. The van der Waals surface area contributed by atoms with Gasteiger partial charge in [-0.1, -0.05) is 5.16 Å². The predicted molar refractivity (Wildman–Crippen MR) is 57.6 cm³/mol. The van der Waals surface area contributed by atoms with Gasteiger partial charge in [0.2, 0.25) is 0 Å². The van der Waals surface area contributed by atoms with E-state index in [-0.39, 0.29) is 0 Å². The van der Waals surface area contributed by atoms with Crippen LogP contribution in [-0.4, -0.2) is 18.4 Å². The van der Waals surface area contributed by atoms with Gasteiger partial charge in [0, 0.05) is 5.56 Å². The molecule has 0 N–H and O–H groups in total. The van der Waals surface area contributed by atoms with Crippen molar-refractivity contribution in [2.75, 3.05) is 13.2 Å². The molecule has 5 nitrogen and oxygen atoms in total. The molecule has 0 fully saturated rings. The Morgan fingerprint density at radius 3 is 2.82 bits per heavy atom. The van der Waals surface area contributed by atoms with E-state index in [1.807, 2.05) is 12.1 Å². The van der Waals surface area contributed by atoms with E-state index in [4.69, 9.17) is 19.3 Å². The van der Waals surface area contributed by atoms with Crippen molar-refractivity contribution in [3.8, 4) is 28.8 Å². The first-order chi connectivity index (χ1) is 8.38. The normalized spacial score (nSPS) is 13.1. The molecular formula is C12H8N2O3. The average molecular weight is 228 g/mol. The molecule has 0 spiro atoms. The fourth-order valence-corrected chi connectivity index (χ4v) is 1.71. The second-order valence-corrected chi connectivity index (χ2v) is 3.55. The monoisotopic (exact) mass is 228 g/mol. The van der Waals surface area contributed by atoms with E-state index < -0.39 is 0 Å². The van der Waals surface area contributed by atoms with Gasteiger partial charge in [-0.05, 0) is 18.2 Å². The molecule has 3 rings (SSSR count). The molecule has 5 heteroatoms. The first kappa shape index (κ1) is 9.73. The second-order valence-electron chi connectivity index (χ2n) is 3.55. The molecule has 2 heterocycles. The highest BCUT2D eigenvalue weighted by atomic mass is 16.6. The molecule has 1 aromatic heterocycles. The van der Waals surface area contributed by atoms with Crippen LogP contribution in [0.1, 0.15) is 5.56 Å². The topological polar surface area (TPSA) is 68.3 Å². The number of rotatable bonds is 1. The van der Waals surface area contributed by atoms with Gasteiger partial charge in [-0.15, -0.1) is 0 Å². The summed E-state index contributed by atoms with van der Waals surface area (Å²) in [6.07, 6.45) is 1.33. The zero-order chi connectivity index (χ0) is 11.7. The zero-order valence-electron chi connectivity index (χ0n) is 8.84. The standard InChI is InChI=1S/C12H8N2O3/c13-6-9-7-17-14-12(9)8-1-2-10-11(5-8)16-4-3-15-10/h1-2,5,7H,3-4H2. The van der Waals surface area contributed by atoms with E-state index in [2.05, 4.69) is 5.16 Å². The van der Waals surface area contributed by atoms with Crippen LogP contribution in [0.4, 0.5) is 0 Å². The van der Waals surface area contributed by atoms with Crippen molar-refractivity contribution in [1.29, 1.82) is 5.26 Å². The fourth-order valence-electron chi connectivity index (χ4n) is 1.71. The van der Waals surface area contributed by atoms with E-state index in [9.17, 15) is 0 Å². The third-order valence-corrected chi connectivity index (χ3v) is 2.51. The highest BCUT2D eigenvalue weighted by Crippen LogP contribution is 2.34. The molecule has 17 heavy (non-hydrogen) atoms. The predicted octanol–water partition coefficient (Wildman–Crippen LogP) is 1.98. The molecule has 0 aliphatic carbocycles. The van der Waals surface area contributed by atoms with E-state index >= 15 is 0 Å². The van der Waals surface area contributed by atoms with E-state index in [1.54, 1.807) is 12.1 Å². The first-order valence-electron chi connectivity index (χ1n) is 5.13. The van der Waals surface area contributed by atoms with Gasteiger partial charge < -0.3 is 14.0 Å². The number of nitrogens with zero attached hydrogens (tertiary/aromatic N) is 2. The van der Waals surface area contributed by atoms with Crippen molar-refractivity contribution < 1.29 is 14.0 Å². The molecule has 0 bridgehead atoms. The van der Waals surface area contributed by atoms with Gasteiger partial charge >= 0.3 is 0 Å². The number of fused-ring (bicyclic) bond motifs is 1. The van der Waals surface area contributed by atoms with Crippen molar-refractivity contribution >= 4 is 0 Å². The maximum Gasteiger partial charge on any atom is 0.162 e. The third kappa shape index (κ3) is 1.60. The zero-order valence-corrected chi connectivity index (χ0v) is 8.84. The Bertz CT molecular complexity index is 598. The highest BCUT2D eigenvalue weighted by Gasteiger charge is 2.15. The Balaban J connectivity index is 2.08. The van der Waals surface area contributed by atoms with Crippen molar-refractivity contribution in [3.63, 3.8) is 0 Å². The highest BCUT2D eigenvalue weighted by molar-refractivity contribution is 5.68. The van der Waals surface area contributed by atoms with Crippen molar-refractivity contribution in [3.05, 3.63) is 30.0 Å². The molecule has 1 aromatic carbocycles. The molecule has 0 unspecified atom stereocenters. The molecule has 1 aliphatic heterocycles. The maximum atomic E-state index is 8.90. The van der Waals surface area contributed by atoms with Gasteiger partial charge in [0.05, 0.1) is 0 Å². The number of hydrogen-bond acceptors (Lipinski definition) is 5. The summed E-state index contributed by atoms with van der Waals surface area (Å²) in [4.78, 5) is 0. The molecule has 0 saturated carbocycles. The van der Waals surface area contributed by atoms with Gasteiger partial charge in [-0.25, -0.2) is 0 Å². The van der Waals surface area contributed by atoms with Gasteiger partial charge in [-0.2, -0.15) is 5.26 Å². The summed E-state index contributed by atoms with van der Waals surface area (Å²) in [5.41, 5.74) is 1.70. The van der Waals surface area contributed by atoms with Crippen LogP contribution in [0.25, 0.3) is 11.3 Å². The average Bonchev–Trinajstić information content (AvgIpc) is 2.86. The van der Waals surface area contributed by atoms with Crippen LogP contribution in [0.3, 0.4) is 0 Å². The Labute approximate surface area is 97.2 Å². The number of ether oxygens (including phenoxy) is 2. The van der Waals surface area contributed by atoms with Gasteiger partial charge in [0.1, 0.15) is 36.8 Å². The molecule has 84 valence electrons. The summed E-state index contributed by atoms with van der Waals surface area (Å²) in [7, 11) is 0. The number of benzene rings is 1. The largest absolute Gasteiger partial charge is 0.486 e. The minimum atomic E-state index is 0.404. The molecule has 0 saturated heterocycles. The SMILES string of the molecule is N#Cc1conc1-c1ccc2c(c1)OCCO2. The summed E-state index contributed by atoms with van der Waals surface area (Å²) >= 11 is 0. The molecular weight excluding hydrogens is 220 g/mol. The maximum absolute atomic E-state index is 8.90. The lowest BCUT2D eigenvalue weighted by molar-refractivity contribution is 0.171. The summed E-state index contributed by atoms with van der Waals surface area (Å²) in [5.74, 6) is 1.38. The number of aromatic nitrogens is 1. The minimum absolute atomic E-state index is 0.404. The number of hydrogen-bond donors (Lipinski definition) is 0. The lowest BCUT2D eigenvalue weighted by atomic mass is 10.1. The van der Waals surface area contributed by atoms with Crippen LogP contribution in [0.5, 0.6) is 11.5 Å². The molecule has 0 amide bonds. The van der Waals surface area contributed by atoms with Crippen LogP contribution >= 0.6 is 0 Å². The molecule has 0 atom stereocenters. The first-order valence-corrected chi connectivity index (χ1v) is 5.13. The lowest BCUT2D eigenvalue weighted by Gasteiger charge is -2.18. The quantitative estimate of drug-likeness (QED) is 0.746. The van der Waals surface area contributed by atoms with E-state index in [0.717, 1.165) is 5.56 Å². The summed E-state index contributed by atoms with van der Waals surface area (Å²) < 4.78 is 15.7. The van der Waals surface area contributed by atoms with Gasteiger partial charge in [-0.3, -0.25) is 0 Å². The minimum Gasteiger partial charge on any atom is -0.486 e. The Morgan fingerprint density at radius 2 is 2.00 bits per heavy atom. The van der Waals surface area contributed by atoms with Gasteiger partial charge in [0.25, 0.3) is 0 Å². The summed E-state index contributed by atoms with van der Waals surface area (Å²) in [6, 6.07) is 7.46. The van der Waals surface area contributed by atoms with Crippen LogP contribution < -0.4 is 9.47 Å². The van der Waals surface area contributed by atoms with E-state index in [1.165, 1.54) is 6.26 Å².